The monoisotopic (exact) mass is 288 g/mol. The first-order chi connectivity index (χ1) is 10.2. The summed E-state index contributed by atoms with van der Waals surface area (Å²) in [5.74, 6) is 0.391. The van der Waals surface area contributed by atoms with Gasteiger partial charge in [0, 0.05) is 18.2 Å². The third-order valence-electron chi connectivity index (χ3n) is 3.77. The zero-order valence-corrected chi connectivity index (χ0v) is 12.4. The maximum Gasteiger partial charge on any atom is 0.259 e. The number of fused-ring (bicyclic) bond motifs is 1. The molecule has 0 spiro atoms. The smallest absolute Gasteiger partial charge is 0.259 e. The van der Waals surface area contributed by atoms with Crippen LogP contribution >= 0.6 is 0 Å². The number of hydrogen-bond acceptors (Lipinski definition) is 5. The van der Waals surface area contributed by atoms with E-state index in [0.29, 0.717) is 29.4 Å². The van der Waals surface area contributed by atoms with Crippen LogP contribution in [0.3, 0.4) is 0 Å². The molecule has 2 aromatic heterocycles. The largest absolute Gasteiger partial charge is 0.352 e. The van der Waals surface area contributed by atoms with Crippen LogP contribution in [0.1, 0.15) is 46.9 Å². The predicted octanol–water partition coefficient (Wildman–Crippen LogP) is 1.75. The van der Waals surface area contributed by atoms with Gasteiger partial charge in [-0.15, -0.1) is 0 Å². The van der Waals surface area contributed by atoms with E-state index in [2.05, 4.69) is 20.8 Å². The number of amides is 1. The van der Waals surface area contributed by atoms with E-state index in [9.17, 15) is 4.79 Å². The molecule has 1 fully saturated rings. The van der Waals surface area contributed by atoms with Gasteiger partial charge in [-0.05, 0) is 45.8 Å². The molecule has 21 heavy (non-hydrogen) atoms. The first-order valence-electron chi connectivity index (χ1n) is 7.40. The molecule has 1 amide bonds. The highest BCUT2D eigenvalue weighted by molar-refractivity contribution is 6.06. The Kier molecular flexibility index (Phi) is 3.88. The third kappa shape index (κ3) is 2.90. The van der Waals surface area contributed by atoms with Gasteiger partial charge in [-0.1, -0.05) is 5.16 Å². The second kappa shape index (κ2) is 5.81. The molecule has 0 aromatic carbocycles. The van der Waals surface area contributed by atoms with Crippen molar-refractivity contribution in [3.05, 3.63) is 23.0 Å². The van der Waals surface area contributed by atoms with Crippen LogP contribution in [0.2, 0.25) is 0 Å². The highest BCUT2D eigenvalue weighted by Gasteiger charge is 2.28. The molecule has 0 radical (unpaired) electrons. The number of nitrogens with one attached hydrogen (secondary N) is 2. The molecule has 6 nitrogen and oxygen atoms in total. The van der Waals surface area contributed by atoms with E-state index in [-0.39, 0.29) is 5.91 Å². The standard InChI is InChI=1S/C15H20N4O2/c1-9-13-11(14(20)17-7-3-6-16-2)8-12(10-4-5-10)18-15(13)21-19-9/h8,10,16H,3-7H2,1-2H3,(H,17,20). The van der Waals surface area contributed by atoms with Crippen LogP contribution in [-0.2, 0) is 0 Å². The normalized spacial score (nSPS) is 14.6. The molecule has 0 aliphatic heterocycles. The minimum absolute atomic E-state index is 0.0771. The van der Waals surface area contributed by atoms with Crippen molar-refractivity contribution in [2.45, 2.75) is 32.1 Å². The van der Waals surface area contributed by atoms with E-state index in [4.69, 9.17) is 4.52 Å². The summed E-state index contributed by atoms with van der Waals surface area (Å²) in [6, 6.07) is 1.90. The number of aryl methyl sites for hydroxylation is 1. The van der Waals surface area contributed by atoms with Gasteiger partial charge in [0.1, 0.15) is 0 Å². The van der Waals surface area contributed by atoms with Gasteiger partial charge in [0.2, 0.25) is 0 Å². The molecule has 1 aliphatic rings. The van der Waals surface area contributed by atoms with Crippen LogP contribution in [0, 0.1) is 6.92 Å². The fourth-order valence-electron chi connectivity index (χ4n) is 2.44. The Hall–Kier alpha value is -1.95. The first kappa shape index (κ1) is 14.0. The summed E-state index contributed by atoms with van der Waals surface area (Å²) in [6.07, 6.45) is 3.16. The topological polar surface area (TPSA) is 80.0 Å². The van der Waals surface area contributed by atoms with Crippen molar-refractivity contribution in [2.75, 3.05) is 20.1 Å². The van der Waals surface area contributed by atoms with Crippen LogP contribution in [0.15, 0.2) is 10.6 Å². The van der Waals surface area contributed by atoms with Crippen molar-refractivity contribution in [1.82, 2.24) is 20.8 Å². The molecule has 3 rings (SSSR count). The zero-order chi connectivity index (χ0) is 14.8. The summed E-state index contributed by atoms with van der Waals surface area (Å²) in [6.45, 7) is 3.36. The molecule has 112 valence electrons. The van der Waals surface area contributed by atoms with Crippen LogP contribution in [0.25, 0.3) is 11.1 Å². The van der Waals surface area contributed by atoms with Gasteiger partial charge in [0.15, 0.2) is 0 Å². The Morgan fingerprint density at radius 2 is 2.24 bits per heavy atom. The molecule has 6 heteroatoms. The molecule has 2 aromatic rings. The Morgan fingerprint density at radius 3 is 2.95 bits per heavy atom. The van der Waals surface area contributed by atoms with Gasteiger partial charge >= 0.3 is 0 Å². The molecule has 2 N–H and O–H groups in total. The highest BCUT2D eigenvalue weighted by atomic mass is 16.5. The lowest BCUT2D eigenvalue weighted by molar-refractivity contribution is 0.0954. The molecule has 0 bridgehead atoms. The molecular weight excluding hydrogens is 268 g/mol. The SMILES string of the molecule is CNCCCNC(=O)c1cc(C2CC2)nc2onc(C)c12. The number of hydrogen-bond donors (Lipinski definition) is 2. The maximum absolute atomic E-state index is 12.4. The predicted molar refractivity (Wildman–Crippen MR) is 79.4 cm³/mol. The average Bonchev–Trinajstić information content (AvgIpc) is 3.27. The maximum atomic E-state index is 12.4. The van der Waals surface area contributed by atoms with E-state index in [1.807, 2.05) is 20.0 Å². The van der Waals surface area contributed by atoms with Crippen LogP contribution in [-0.4, -0.2) is 36.2 Å². The van der Waals surface area contributed by atoms with E-state index < -0.39 is 0 Å². The van der Waals surface area contributed by atoms with Crippen molar-refractivity contribution < 1.29 is 9.32 Å². The van der Waals surface area contributed by atoms with Gasteiger partial charge in [0.25, 0.3) is 11.6 Å². The quantitative estimate of drug-likeness (QED) is 0.792. The fourth-order valence-corrected chi connectivity index (χ4v) is 2.44. The van der Waals surface area contributed by atoms with Crippen molar-refractivity contribution in [1.29, 1.82) is 0 Å². The number of nitrogens with zero attached hydrogens (tertiary/aromatic N) is 2. The molecule has 1 saturated carbocycles. The van der Waals surface area contributed by atoms with Crippen molar-refractivity contribution in [2.24, 2.45) is 0 Å². The zero-order valence-electron chi connectivity index (χ0n) is 12.4. The molecule has 0 atom stereocenters. The van der Waals surface area contributed by atoms with Gasteiger partial charge in [0.05, 0.1) is 16.6 Å². The number of pyridine rings is 1. The van der Waals surface area contributed by atoms with Crippen molar-refractivity contribution in [3.63, 3.8) is 0 Å². The molecule has 0 unspecified atom stereocenters. The number of rotatable bonds is 6. The third-order valence-corrected chi connectivity index (χ3v) is 3.77. The molecule has 2 heterocycles. The summed E-state index contributed by atoms with van der Waals surface area (Å²) in [5.41, 5.74) is 2.75. The van der Waals surface area contributed by atoms with Crippen LogP contribution in [0.5, 0.6) is 0 Å². The summed E-state index contributed by atoms with van der Waals surface area (Å²) in [4.78, 5) is 16.9. The second-order valence-electron chi connectivity index (χ2n) is 5.53. The summed E-state index contributed by atoms with van der Waals surface area (Å²) in [7, 11) is 1.90. The fraction of sp³-hybridized carbons (Fsp3) is 0.533. The molecule has 1 aliphatic carbocycles. The minimum Gasteiger partial charge on any atom is -0.352 e. The summed E-state index contributed by atoms with van der Waals surface area (Å²) >= 11 is 0. The second-order valence-corrected chi connectivity index (χ2v) is 5.53. The Morgan fingerprint density at radius 1 is 1.43 bits per heavy atom. The lowest BCUT2D eigenvalue weighted by atomic mass is 10.1. The van der Waals surface area contributed by atoms with Crippen molar-refractivity contribution >= 4 is 17.0 Å². The van der Waals surface area contributed by atoms with Crippen LogP contribution in [0.4, 0.5) is 0 Å². The number of aromatic nitrogens is 2. The Labute approximate surface area is 123 Å². The molecular formula is C15H20N4O2. The minimum atomic E-state index is -0.0771. The van der Waals surface area contributed by atoms with E-state index in [1.165, 1.54) is 0 Å². The Bertz CT molecular complexity index is 661. The molecule has 0 saturated heterocycles. The van der Waals surface area contributed by atoms with E-state index >= 15 is 0 Å². The lowest BCUT2D eigenvalue weighted by Gasteiger charge is -2.07. The van der Waals surface area contributed by atoms with E-state index in [1.54, 1.807) is 0 Å². The van der Waals surface area contributed by atoms with Gasteiger partial charge in [-0.25, -0.2) is 4.98 Å². The highest BCUT2D eigenvalue weighted by Crippen LogP contribution is 2.40. The van der Waals surface area contributed by atoms with Gasteiger partial charge in [-0.2, -0.15) is 0 Å². The summed E-state index contributed by atoms with van der Waals surface area (Å²) in [5, 5.41) is 10.7. The van der Waals surface area contributed by atoms with Gasteiger partial charge in [-0.3, -0.25) is 4.79 Å². The lowest BCUT2D eigenvalue weighted by Crippen LogP contribution is -2.27. The Balaban J connectivity index is 1.88. The first-order valence-corrected chi connectivity index (χ1v) is 7.40. The van der Waals surface area contributed by atoms with Gasteiger partial charge < -0.3 is 15.2 Å². The van der Waals surface area contributed by atoms with Crippen molar-refractivity contribution in [3.8, 4) is 0 Å². The number of carbonyl (C=O) groups is 1. The summed E-state index contributed by atoms with van der Waals surface area (Å²) < 4.78 is 5.25. The average molecular weight is 288 g/mol. The number of carbonyl (C=O) groups excluding carboxylic acids is 1. The van der Waals surface area contributed by atoms with Crippen LogP contribution < -0.4 is 10.6 Å². The van der Waals surface area contributed by atoms with E-state index in [0.717, 1.165) is 36.9 Å².